The summed E-state index contributed by atoms with van der Waals surface area (Å²) >= 11 is 0. The van der Waals surface area contributed by atoms with Gasteiger partial charge < -0.3 is 14.7 Å². The van der Waals surface area contributed by atoms with Crippen molar-refractivity contribution in [3.8, 4) is 0 Å². The van der Waals surface area contributed by atoms with Gasteiger partial charge in [0.05, 0.1) is 22.7 Å². The van der Waals surface area contributed by atoms with E-state index in [0.29, 0.717) is 38.2 Å². The number of hydrogen-bond donors (Lipinski definition) is 1. The highest BCUT2D eigenvalue weighted by molar-refractivity contribution is 7.91. The van der Waals surface area contributed by atoms with Crippen LogP contribution < -0.4 is 0 Å². The number of fused-ring (bicyclic) bond motifs is 1. The van der Waals surface area contributed by atoms with Crippen LogP contribution in [0.4, 0.5) is 0 Å². The van der Waals surface area contributed by atoms with E-state index in [1.165, 1.54) is 24.3 Å². The van der Waals surface area contributed by atoms with Gasteiger partial charge in [0.25, 0.3) is 5.91 Å². The molecule has 0 aliphatic carbocycles. The number of amides is 1. The minimum atomic E-state index is -3.34. The van der Waals surface area contributed by atoms with E-state index in [0.717, 1.165) is 6.42 Å². The summed E-state index contributed by atoms with van der Waals surface area (Å²) in [7, 11) is -3.34. The van der Waals surface area contributed by atoms with Gasteiger partial charge >= 0.3 is 5.97 Å². The molecule has 0 aromatic heterocycles. The molecule has 1 N–H and O–H groups in total. The van der Waals surface area contributed by atoms with Gasteiger partial charge in [0.2, 0.25) is 0 Å². The fourth-order valence-electron chi connectivity index (χ4n) is 3.89. The monoisotopic (exact) mass is 395 g/mol. The lowest BCUT2D eigenvalue weighted by Gasteiger charge is -2.33. The Kier molecular flexibility index (Phi) is 5.58. The zero-order chi connectivity index (χ0) is 19.7. The predicted octanol–water partition coefficient (Wildman–Crippen LogP) is 1.82. The van der Waals surface area contributed by atoms with Crippen LogP contribution in [0.25, 0.3) is 0 Å². The molecule has 0 saturated carbocycles. The maximum atomic E-state index is 12.8. The molecule has 3 rings (SSSR count). The number of likely N-dealkylation sites (tertiary alicyclic amines) is 1. The zero-order valence-electron chi connectivity index (χ0n) is 15.4. The summed E-state index contributed by atoms with van der Waals surface area (Å²) in [4.78, 5) is 26.4. The Bertz CT molecular complexity index is 819. The second kappa shape index (κ2) is 7.59. The van der Waals surface area contributed by atoms with Crippen molar-refractivity contribution in [2.24, 2.45) is 11.3 Å². The number of benzene rings is 1. The van der Waals surface area contributed by atoms with Gasteiger partial charge in [-0.25, -0.2) is 8.42 Å². The molecule has 2 fully saturated rings. The highest BCUT2D eigenvalue weighted by Crippen LogP contribution is 2.42. The molecule has 7 nitrogen and oxygen atoms in total. The van der Waals surface area contributed by atoms with Crippen LogP contribution in [0.1, 0.15) is 36.5 Å². The van der Waals surface area contributed by atoms with Crippen LogP contribution in [-0.4, -0.2) is 62.4 Å². The van der Waals surface area contributed by atoms with Gasteiger partial charge in [-0.2, -0.15) is 0 Å². The third-order valence-electron chi connectivity index (χ3n) is 5.65. The topological polar surface area (TPSA) is 101 Å². The average Bonchev–Trinajstić information content (AvgIpc) is 3.07. The zero-order valence-corrected chi connectivity index (χ0v) is 16.2. The van der Waals surface area contributed by atoms with Crippen molar-refractivity contribution in [2.45, 2.75) is 31.1 Å². The van der Waals surface area contributed by atoms with Crippen LogP contribution in [-0.2, 0) is 19.4 Å². The molecular weight excluding hydrogens is 370 g/mol. The molecule has 148 valence electrons. The van der Waals surface area contributed by atoms with Crippen LogP contribution in [0.15, 0.2) is 29.2 Å². The maximum absolute atomic E-state index is 12.8. The SMILES string of the molecule is CCCCS(=O)(=O)c1ccc(C(=O)N2C[C@H]3COCC[C@@]3(C(=O)O)C2)cc1. The Morgan fingerprint density at radius 1 is 1.30 bits per heavy atom. The molecule has 27 heavy (non-hydrogen) atoms. The van der Waals surface area contributed by atoms with Crippen molar-refractivity contribution in [2.75, 3.05) is 32.1 Å². The van der Waals surface area contributed by atoms with E-state index < -0.39 is 21.2 Å². The number of unbranched alkanes of at least 4 members (excludes halogenated alkanes) is 1. The molecule has 0 spiro atoms. The minimum Gasteiger partial charge on any atom is -0.481 e. The van der Waals surface area contributed by atoms with E-state index in [4.69, 9.17) is 4.74 Å². The molecule has 0 bridgehead atoms. The molecule has 1 amide bonds. The molecule has 2 saturated heterocycles. The van der Waals surface area contributed by atoms with E-state index >= 15 is 0 Å². The third kappa shape index (κ3) is 3.73. The van der Waals surface area contributed by atoms with Gasteiger partial charge in [-0.1, -0.05) is 13.3 Å². The first-order valence-electron chi connectivity index (χ1n) is 9.23. The van der Waals surface area contributed by atoms with E-state index in [1.54, 1.807) is 4.90 Å². The number of rotatable bonds is 6. The maximum Gasteiger partial charge on any atom is 0.311 e. The summed E-state index contributed by atoms with van der Waals surface area (Å²) in [6.45, 7) is 3.15. The lowest BCUT2D eigenvalue weighted by Crippen LogP contribution is -2.45. The Morgan fingerprint density at radius 3 is 2.59 bits per heavy atom. The first kappa shape index (κ1) is 19.8. The van der Waals surface area contributed by atoms with Crippen molar-refractivity contribution >= 4 is 21.7 Å². The lowest BCUT2D eigenvalue weighted by atomic mass is 9.74. The molecule has 1 aromatic rings. The summed E-state index contributed by atoms with van der Waals surface area (Å²) in [5.74, 6) is -1.29. The highest BCUT2D eigenvalue weighted by Gasteiger charge is 2.54. The summed E-state index contributed by atoms with van der Waals surface area (Å²) < 4.78 is 29.9. The predicted molar refractivity (Wildman–Crippen MR) is 98.3 cm³/mol. The van der Waals surface area contributed by atoms with Gasteiger partial charge in [0.15, 0.2) is 9.84 Å². The first-order valence-corrected chi connectivity index (χ1v) is 10.9. The Balaban J connectivity index is 1.76. The second-order valence-electron chi connectivity index (χ2n) is 7.37. The average molecular weight is 395 g/mol. The summed E-state index contributed by atoms with van der Waals surface area (Å²) in [5.41, 5.74) is -0.582. The van der Waals surface area contributed by atoms with Crippen molar-refractivity contribution < 1.29 is 27.9 Å². The van der Waals surface area contributed by atoms with Crippen LogP contribution in [0.3, 0.4) is 0 Å². The van der Waals surface area contributed by atoms with Gasteiger partial charge in [0, 0.05) is 31.2 Å². The van der Waals surface area contributed by atoms with Gasteiger partial charge in [-0.05, 0) is 37.1 Å². The Hall–Kier alpha value is -1.93. The summed E-state index contributed by atoms with van der Waals surface area (Å²) in [6, 6.07) is 5.93. The quantitative estimate of drug-likeness (QED) is 0.789. The summed E-state index contributed by atoms with van der Waals surface area (Å²) in [6.07, 6.45) is 1.78. The number of carboxylic acids is 1. The van der Waals surface area contributed by atoms with E-state index in [-0.39, 0.29) is 29.0 Å². The van der Waals surface area contributed by atoms with Crippen molar-refractivity contribution in [3.63, 3.8) is 0 Å². The van der Waals surface area contributed by atoms with Crippen LogP contribution >= 0.6 is 0 Å². The molecule has 2 heterocycles. The normalized spacial score (nSPS) is 25.2. The second-order valence-corrected chi connectivity index (χ2v) is 9.47. The molecule has 8 heteroatoms. The van der Waals surface area contributed by atoms with Crippen molar-refractivity contribution in [3.05, 3.63) is 29.8 Å². The number of carbonyl (C=O) groups is 2. The lowest BCUT2D eigenvalue weighted by molar-refractivity contribution is -0.157. The van der Waals surface area contributed by atoms with E-state index in [1.807, 2.05) is 6.92 Å². The summed E-state index contributed by atoms with van der Waals surface area (Å²) in [5, 5.41) is 9.71. The minimum absolute atomic E-state index is 0.0890. The molecule has 2 atom stereocenters. The Labute approximate surface area is 159 Å². The number of ether oxygens (including phenoxy) is 1. The van der Waals surface area contributed by atoms with Crippen LogP contribution in [0, 0.1) is 11.3 Å². The number of hydrogen-bond acceptors (Lipinski definition) is 5. The van der Waals surface area contributed by atoms with Gasteiger partial charge in [0.1, 0.15) is 0 Å². The molecule has 1 aromatic carbocycles. The standard InChI is InChI=1S/C19H25NO6S/c1-2-3-10-27(24,25)16-6-4-14(5-7-16)17(21)20-11-15-12-26-9-8-19(15,13-20)18(22)23/h4-7,15H,2-3,8-13H2,1H3,(H,22,23)/t15-,19+/m0/s1. The number of carbonyl (C=O) groups excluding carboxylic acids is 1. The number of sulfone groups is 1. The molecule has 2 aliphatic rings. The molecular formula is C19H25NO6S. The fraction of sp³-hybridized carbons (Fsp3) is 0.579. The van der Waals surface area contributed by atoms with E-state index in [2.05, 4.69) is 0 Å². The number of carboxylic acid groups (broad SMARTS) is 1. The smallest absolute Gasteiger partial charge is 0.311 e. The van der Waals surface area contributed by atoms with E-state index in [9.17, 15) is 23.1 Å². The molecule has 2 aliphatic heterocycles. The fourth-order valence-corrected chi connectivity index (χ4v) is 5.35. The van der Waals surface area contributed by atoms with Crippen molar-refractivity contribution in [1.29, 1.82) is 0 Å². The highest BCUT2D eigenvalue weighted by atomic mass is 32.2. The molecule has 0 unspecified atom stereocenters. The first-order chi connectivity index (χ1) is 12.8. The van der Waals surface area contributed by atoms with Gasteiger partial charge in [-0.15, -0.1) is 0 Å². The largest absolute Gasteiger partial charge is 0.481 e. The molecule has 0 radical (unpaired) electrons. The third-order valence-corrected chi connectivity index (χ3v) is 7.46. The van der Waals surface area contributed by atoms with Crippen molar-refractivity contribution in [1.82, 2.24) is 4.90 Å². The van der Waals surface area contributed by atoms with Gasteiger partial charge in [-0.3, -0.25) is 9.59 Å². The van der Waals surface area contributed by atoms with Crippen LogP contribution in [0.2, 0.25) is 0 Å². The van der Waals surface area contributed by atoms with Crippen LogP contribution in [0.5, 0.6) is 0 Å². The number of nitrogens with zero attached hydrogens (tertiary/aromatic N) is 1. The Morgan fingerprint density at radius 2 is 2.00 bits per heavy atom. The number of aliphatic carboxylic acids is 1.